The summed E-state index contributed by atoms with van der Waals surface area (Å²) in [4.78, 5) is 13.8. The first kappa shape index (κ1) is 13.4. The number of hydrogen-bond donors (Lipinski definition) is 2. The lowest BCUT2D eigenvalue weighted by molar-refractivity contribution is 0.217. The highest BCUT2D eigenvalue weighted by atomic mass is 16.3. The Morgan fingerprint density at radius 1 is 1.58 bits per heavy atom. The van der Waals surface area contributed by atoms with E-state index >= 15 is 0 Å². The Bertz CT molecular complexity index is 496. The molecule has 1 unspecified atom stereocenters. The lowest BCUT2D eigenvalue weighted by atomic mass is 10.1. The molecule has 1 saturated heterocycles. The molecular weight excluding hydrogens is 242 g/mol. The van der Waals surface area contributed by atoms with Gasteiger partial charge in [0.1, 0.15) is 0 Å². The molecule has 0 bridgehead atoms. The number of aliphatic hydroxyl groups excluding tert-OH is 1. The van der Waals surface area contributed by atoms with Crippen LogP contribution in [0.2, 0.25) is 0 Å². The third-order valence-corrected chi connectivity index (χ3v) is 3.35. The van der Waals surface area contributed by atoms with E-state index < -0.39 is 0 Å². The van der Waals surface area contributed by atoms with E-state index in [0.29, 0.717) is 30.3 Å². The third-order valence-electron chi connectivity index (χ3n) is 3.35. The molecule has 0 spiro atoms. The third kappa shape index (κ3) is 3.46. The molecule has 1 atom stereocenters. The van der Waals surface area contributed by atoms with Gasteiger partial charge in [0.15, 0.2) is 0 Å². The Labute approximate surface area is 112 Å². The highest BCUT2D eigenvalue weighted by Gasteiger charge is 2.25. The lowest BCUT2D eigenvalue weighted by Crippen LogP contribution is -2.33. The quantitative estimate of drug-likeness (QED) is 0.869. The molecule has 1 aromatic carbocycles. The summed E-state index contributed by atoms with van der Waals surface area (Å²) in [6.45, 7) is 1.57. The summed E-state index contributed by atoms with van der Waals surface area (Å²) in [5, 5.41) is 20.5. The Morgan fingerprint density at radius 3 is 3.16 bits per heavy atom. The molecule has 1 aromatic rings. The van der Waals surface area contributed by atoms with Crippen molar-refractivity contribution in [2.24, 2.45) is 5.92 Å². The molecule has 0 radical (unpaired) electrons. The predicted octanol–water partition coefficient (Wildman–Crippen LogP) is 1.79. The van der Waals surface area contributed by atoms with Gasteiger partial charge in [0.05, 0.1) is 11.6 Å². The van der Waals surface area contributed by atoms with Gasteiger partial charge in [-0.2, -0.15) is 5.26 Å². The van der Waals surface area contributed by atoms with Gasteiger partial charge in [-0.25, -0.2) is 4.79 Å². The van der Waals surface area contributed by atoms with Gasteiger partial charge < -0.3 is 15.3 Å². The van der Waals surface area contributed by atoms with Crippen molar-refractivity contribution in [3.05, 3.63) is 29.8 Å². The number of aliphatic hydroxyl groups is 1. The lowest BCUT2D eigenvalue weighted by Gasteiger charge is -2.17. The topological polar surface area (TPSA) is 76.4 Å². The first-order chi connectivity index (χ1) is 9.22. The van der Waals surface area contributed by atoms with E-state index in [2.05, 4.69) is 5.32 Å². The molecule has 100 valence electrons. The monoisotopic (exact) mass is 259 g/mol. The summed E-state index contributed by atoms with van der Waals surface area (Å²) < 4.78 is 0. The predicted molar refractivity (Wildman–Crippen MR) is 71.6 cm³/mol. The SMILES string of the molecule is N#Cc1cccc(NC(=O)N2CCC(CCO)C2)c1. The van der Waals surface area contributed by atoms with Crippen molar-refractivity contribution in [3.63, 3.8) is 0 Å². The number of rotatable bonds is 3. The van der Waals surface area contributed by atoms with Gasteiger partial charge in [-0.1, -0.05) is 6.07 Å². The molecule has 0 aromatic heterocycles. The van der Waals surface area contributed by atoms with Gasteiger partial charge in [-0.05, 0) is 37.0 Å². The van der Waals surface area contributed by atoms with Crippen LogP contribution in [0.25, 0.3) is 0 Å². The average Bonchev–Trinajstić information content (AvgIpc) is 2.88. The molecular formula is C14H17N3O2. The normalized spacial score (nSPS) is 18.1. The molecule has 2 amide bonds. The van der Waals surface area contributed by atoms with Crippen LogP contribution in [0.1, 0.15) is 18.4 Å². The largest absolute Gasteiger partial charge is 0.396 e. The van der Waals surface area contributed by atoms with Crippen LogP contribution in [0.3, 0.4) is 0 Å². The Balaban J connectivity index is 1.93. The van der Waals surface area contributed by atoms with Crippen molar-refractivity contribution in [2.45, 2.75) is 12.8 Å². The van der Waals surface area contributed by atoms with Crippen molar-refractivity contribution in [1.29, 1.82) is 5.26 Å². The highest BCUT2D eigenvalue weighted by Crippen LogP contribution is 2.20. The molecule has 2 rings (SSSR count). The minimum atomic E-state index is -0.143. The van der Waals surface area contributed by atoms with E-state index in [-0.39, 0.29) is 12.6 Å². The maximum Gasteiger partial charge on any atom is 0.321 e. The van der Waals surface area contributed by atoms with Crippen LogP contribution in [-0.2, 0) is 0 Å². The summed E-state index contributed by atoms with van der Waals surface area (Å²) in [7, 11) is 0. The number of nitriles is 1. The van der Waals surface area contributed by atoms with Crippen molar-refractivity contribution < 1.29 is 9.90 Å². The Morgan fingerprint density at radius 2 is 2.42 bits per heavy atom. The zero-order valence-corrected chi connectivity index (χ0v) is 10.7. The standard InChI is InChI=1S/C14H17N3O2/c15-9-12-2-1-3-13(8-12)16-14(19)17-6-4-11(10-17)5-7-18/h1-3,8,11,18H,4-7,10H2,(H,16,19). The van der Waals surface area contributed by atoms with E-state index in [1.54, 1.807) is 29.2 Å². The van der Waals surface area contributed by atoms with E-state index in [9.17, 15) is 4.79 Å². The van der Waals surface area contributed by atoms with Crippen LogP contribution in [0.4, 0.5) is 10.5 Å². The second-order valence-electron chi connectivity index (χ2n) is 4.74. The van der Waals surface area contributed by atoms with Crippen LogP contribution in [0.5, 0.6) is 0 Å². The first-order valence-corrected chi connectivity index (χ1v) is 6.40. The van der Waals surface area contributed by atoms with Crippen LogP contribution >= 0.6 is 0 Å². The average molecular weight is 259 g/mol. The molecule has 5 heteroatoms. The molecule has 0 saturated carbocycles. The van der Waals surface area contributed by atoms with Crippen molar-refractivity contribution in [2.75, 3.05) is 25.0 Å². The number of anilines is 1. The van der Waals surface area contributed by atoms with Gasteiger partial charge in [-0.15, -0.1) is 0 Å². The fraction of sp³-hybridized carbons (Fsp3) is 0.429. The Hall–Kier alpha value is -2.06. The van der Waals surface area contributed by atoms with E-state index in [0.717, 1.165) is 12.8 Å². The number of amides is 2. The molecule has 0 aliphatic carbocycles. The number of hydrogen-bond acceptors (Lipinski definition) is 3. The van der Waals surface area contributed by atoms with Gasteiger partial charge in [-0.3, -0.25) is 0 Å². The van der Waals surface area contributed by atoms with Gasteiger partial charge >= 0.3 is 6.03 Å². The minimum absolute atomic E-state index is 0.143. The first-order valence-electron chi connectivity index (χ1n) is 6.40. The van der Waals surface area contributed by atoms with E-state index in [1.165, 1.54) is 0 Å². The fourth-order valence-electron chi connectivity index (χ4n) is 2.30. The molecule has 1 fully saturated rings. The van der Waals surface area contributed by atoms with Crippen LogP contribution in [0.15, 0.2) is 24.3 Å². The molecule has 2 N–H and O–H groups in total. The number of carbonyl (C=O) groups excluding carboxylic acids is 1. The molecule has 1 aliphatic heterocycles. The molecule has 19 heavy (non-hydrogen) atoms. The summed E-state index contributed by atoms with van der Waals surface area (Å²) >= 11 is 0. The highest BCUT2D eigenvalue weighted by molar-refractivity contribution is 5.89. The molecule has 5 nitrogen and oxygen atoms in total. The number of carbonyl (C=O) groups is 1. The Kier molecular flexibility index (Phi) is 4.37. The maximum absolute atomic E-state index is 12.0. The van der Waals surface area contributed by atoms with Crippen molar-refractivity contribution in [1.82, 2.24) is 4.90 Å². The van der Waals surface area contributed by atoms with Crippen molar-refractivity contribution >= 4 is 11.7 Å². The van der Waals surface area contributed by atoms with E-state index in [1.807, 2.05) is 6.07 Å². The summed E-state index contributed by atoms with van der Waals surface area (Å²) in [5.74, 6) is 0.390. The van der Waals surface area contributed by atoms with Crippen LogP contribution < -0.4 is 5.32 Å². The number of benzene rings is 1. The van der Waals surface area contributed by atoms with Gasteiger partial charge in [0, 0.05) is 25.4 Å². The van der Waals surface area contributed by atoms with Crippen LogP contribution in [-0.4, -0.2) is 35.7 Å². The number of likely N-dealkylation sites (tertiary alicyclic amines) is 1. The molecule has 1 aliphatic rings. The number of nitrogens with zero attached hydrogens (tertiary/aromatic N) is 2. The second-order valence-corrected chi connectivity index (χ2v) is 4.74. The van der Waals surface area contributed by atoms with E-state index in [4.69, 9.17) is 10.4 Å². The minimum Gasteiger partial charge on any atom is -0.396 e. The van der Waals surface area contributed by atoms with Gasteiger partial charge in [0.2, 0.25) is 0 Å². The molecule has 1 heterocycles. The fourth-order valence-corrected chi connectivity index (χ4v) is 2.30. The maximum atomic E-state index is 12.0. The van der Waals surface area contributed by atoms with Gasteiger partial charge in [0.25, 0.3) is 0 Å². The zero-order chi connectivity index (χ0) is 13.7. The second kappa shape index (κ2) is 6.21. The van der Waals surface area contributed by atoms with Crippen LogP contribution in [0, 0.1) is 17.2 Å². The summed E-state index contributed by atoms with van der Waals surface area (Å²) in [5.41, 5.74) is 1.16. The summed E-state index contributed by atoms with van der Waals surface area (Å²) in [6, 6.07) is 8.75. The van der Waals surface area contributed by atoms with Crippen molar-refractivity contribution in [3.8, 4) is 6.07 Å². The zero-order valence-electron chi connectivity index (χ0n) is 10.7. The summed E-state index contributed by atoms with van der Waals surface area (Å²) in [6.07, 6.45) is 1.68. The smallest absolute Gasteiger partial charge is 0.321 e. The number of nitrogens with one attached hydrogen (secondary N) is 1. The number of urea groups is 1.